The van der Waals surface area contributed by atoms with E-state index in [9.17, 15) is 0 Å². The molecule has 2 aromatic carbocycles. The van der Waals surface area contributed by atoms with E-state index < -0.39 is 0 Å². The first-order valence-electron chi connectivity index (χ1n) is 7.00. The highest BCUT2D eigenvalue weighted by atomic mass is 79.9. The van der Waals surface area contributed by atoms with Crippen molar-refractivity contribution in [1.29, 1.82) is 0 Å². The summed E-state index contributed by atoms with van der Waals surface area (Å²) in [5.41, 5.74) is 8.09. The second kappa shape index (κ2) is 7.30. The molecule has 2 N–H and O–H groups in total. The van der Waals surface area contributed by atoms with Gasteiger partial charge in [-0.3, -0.25) is 0 Å². The molecule has 0 radical (unpaired) electrons. The van der Waals surface area contributed by atoms with Crippen molar-refractivity contribution in [3.63, 3.8) is 0 Å². The van der Waals surface area contributed by atoms with Crippen molar-refractivity contribution >= 4 is 27.5 Å². The Morgan fingerprint density at radius 1 is 1.19 bits per heavy atom. The molecule has 2 rings (SSSR count). The molecule has 0 aliphatic carbocycles. The molecular formula is C17H19BrClNO. The number of nitrogens with two attached hydrogens (primary N) is 1. The average Bonchev–Trinajstić information content (AvgIpc) is 2.43. The Labute approximate surface area is 139 Å². The fourth-order valence-electron chi connectivity index (χ4n) is 2.15. The fourth-order valence-corrected chi connectivity index (χ4v) is 2.74. The zero-order valence-electron chi connectivity index (χ0n) is 12.2. The lowest BCUT2D eigenvalue weighted by Crippen LogP contribution is -2.18. The highest BCUT2D eigenvalue weighted by molar-refractivity contribution is 9.10. The first-order chi connectivity index (χ1) is 9.99. The summed E-state index contributed by atoms with van der Waals surface area (Å²) >= 11 is 9.63. The summed E-state index contributed by atoms with van der Waals surface area (Å²) in [6.45, 7) is 4.06. The van der Waals surface area contributed by atoms with Crippen LogP contribution in [-0.2, 0) is 12.8 Å². The summed E-state index contributed by atoms with van der Waals surface area (Å²) in [6, 6.07) is 11.8. The minimum atomic E-state index is 0.0879. The Balaban J connectivity index is 2.31. The molecule has 0 bridgehead atoms. The van der Waals surface area contributed by atoms with Crippen LogP contribution in [0.1, 0.15) is 25.0 Å². The predicted octanol–water partition coefficient (Wildman–Crippen LogP) is 5.35. The summed E-state index contributed by atoms with van der Waals surface area (Å²) in [5.74, 6) is 1.62. The Bertz CT molecular complexity index is 628. The third kappa shape index (κ3) is 4.47. The fraction of sp³-hybridized carbons (Fsp3) is 0.294. The summed E-state index contributed by atoms with van der Waals surface area (Å²) < 4.78 is 7.03. The van der Waals surface area contributed by atoms with Gasteiger partial charge in [-0.15, -0.1) is 0 Å². The van der Waals surface area contributed by atoms with Crippen LogP contribution in [0.2, 0.25) is 5.02 Å². The molecule has 0 fully saturated rings. The van der Waals surface area contributed by atoms with E-state index in [1.54, 1.807) is 0 Å². The third-order valence-electron chi connectivity index (χ3n) is 3.20. The number of ether oxygens (including phenoxy) is 1. The Hall–Kier alpha value is -1.03. The minimum Gasteiger partial charge on any atom is -0.457 e. The second-order valence-corrected chi connectivity index (χ2v) is 6.47. The first-order valence-corrected chi connectivity index (χ1v) is 8.17. The predicted molar refractivity (Wildman–Crippen MR) is 92.4 cm³/mol. The summed E-state index contributed by atoms with van der Waals surface area (Å²) in [4.78, 5) is 0. The van der Waals surface area contributed by atoms with Gasteiger partial charge in [0, 0.05) is 15.5 Å². The molecule has 21 heavy (non-hydrogen) atoms. The number of halogens is 2. The van der Waals surface area contributed by atoms with E-state index in [1.165, 1.54) is 0 Å². The molecule has 2 nitrogen and oxygen atoms in total. The Morgan fingerprint density at radius 2 is 1.95 bits per heavy atom. The van der Waals surface area contributed by atoms with Gasteiger partial charge in [0.1, 0.15) is 11.5 Å². The van der Waals surface area contributed by atoms with Crippen molar-refractivity contribution in [2.75, 3.05) is 0 Å². The van der Waals surface area contributed by atoms with Crippen LogP contribution in [0.4, 0.5) is 0 Å². The molecule has 0 aromatic heterocycles. The molecule has 112 valence electrons. The van der Waals surface area contributed by atoms with Gasteiger partial charge in [-0.05, 0) is 61.2 Å². The molecule has 4 heteroatoms. The second-order valence-electron chi connectivity index (χ2n) is 5.14. The van der Waals surface area contributed by atoms with E-state index in [4.69, 9.17) is 22.1 Å². The monoisotopic (exact) mass is 367 g/mol. The summed E-state index contributed by atoms with van der Waals surface area (Å²) in [7, 11) is 0. The normalized spacial score (nSPS) is 12.2. The third-order valence-corrected chi connectivity index (χ3v) is 4.06. The van der Waals surface area contributed by atoms with E-state index >= 15 is 0 Å². The summed E-state index contributed by atoms with van der Waals surface area (Å²) in [6.07, 6.45) is 1.65. The van der Waals surface area contributed by atoms with Gasteiger partial charge < -0.3 is 10.5 Å². The molecule has 0 heterocycles. The van der Waals surface area contributed by atoms with E-state index in [1.807, 2.05) is 43.3 Å². The molecular weight excluding hydrogens is 350 g/mol. The van der Waals surface area contributed by atoms with Gasteiger partial charge in [-0.1, -0.05) is 40.5 Å². The van der Waals surface area contributed by atoms with Crippen LogP contribution < -0.4 is 10.5 Å². The molecule has 1 unspecified atom stereocenters. The van der Waals surface area contributed by atoms with Crippen LogP contribution in [0.15, 0.2) is 40.9 Å². The van der Waals surface area contributed by atoms with Crippen molar-refractivity contribution in [1.82, 2.24) is 0 Å². The standard InChI is InChI=1S/C17H19BrClNO/c1-3-12-9-15(6-7-16(12)19)21-17-10-14(18)5-4-13(17)8-11(2)20/h4-7,9-11H,3,8,20H2,1-2H3. The lowest BCUT2D eigenvalue weighted by atomic mass is 10.1. The van der Waals surface area contributed by atoms with Gasteiger partial charge in [0.2, 0.25) is 0 Å². The van der Waals surface area contributed by atoms with Gasteiger partial charge in [0.25, 0.3) is 0 Å². The van der Waals surface area contributed by atoms with Crippen molar-refractivity contribution in [3.05, 3.63) is 57.0 Å². The van der Waals surface area contributed by atoms with Crippen LogP contribution >= 0.6 is 27.5 Å². The lowest BCUT2D eigenvalue weighted by Gasteiger charge is -2.14. The molecule has 0 amide bonds. The van der Waals surface area contributed by atoms with Crippen LogP contribution in [0.3, 0.4) is 0 Å². The number of benzene rings is 2. The zero-order chi connectivity index (χ0) is 15.4. The Kier molecular flexibility index (Phi) is 5.68. The van der Waals surface area contributed by atoms with Gasteiger partial charge in [0.15, 0.2) is 0 Å². The van der Waals surface area contributed by atoms with Gasteiger partial charge in [-0.2, -0.15) is 0 Å². The van der Waals surface area contributed by atoms with Crippen molar-refractivity contribution in [3.8, 4) is 11.5 Å². The van der Waals surface area contributed by atoms with E-state index in [-0.39, 0.29) is 6.04 Å². The smallest absolute Gasteiger partial charge is 0.131 e. The van der Waals surface area contributed by atoms with Crippen LogP contribution in [0, 0.1) is 0 Å². The van der Waals surface area contributed by atoms with Crippen LogP contribution in [-0.4, -0.2) is 6.04 Å². The molecule has 2 aromatic rings. The van der Waals surface area contributed by atoms with Gasteiger partial charge in [-0.25, -0.2) is 0 Å². The zero-order valence-corrected chi connectivity index (χ0v) is 14.5. The lowest BCUT2D eigenvalue weighted by molar-refractivity contribution is 0.473. The van der Waals surface area contributed by atoms with Crippen molar-refractivity contribution < 1.29 is 4.74 Å². The SMILES string of the molecule is CCc1cc(Oc2cc(Br)ccc2CC(C)N)ccc1Cl. The topological polar surface area (TPSA) is 35.2 Å². The number of hydrogen-bond acceptors (Lipinski definition) is 2. The Morgan fingerprint density at radius 3 is 2.62 bits per heavy atom. The maximum absolute atomic E-state index is 6.15. The number of rotatable bonds is 5. The van der Waals surface area contributed by atoms with Crippen LogP contribution in [0.25, 0.3) is 0 Å². The maximum atomic E-state index is 6.15. The maximum Gasteiger partial charge on any atom is 0.131 e. The highest BCUT2D eigenvalue weighted by Crippen LogP contribution is 2.31. The molecule has 0 saturated heterocycles. The quantitative estimate of drug-likeness (QED) is 0.772. The molecule has 0 aliphatic rings. The van der Waals surface area contributed by atoms with E-state index in [2.05, 4.69) is 22.9 Å². The molecule has 0 saturated carbocycles. The van der Waals surface area contributed by atoms with Gasteiger partial charge >= 0.3 is 0 Å². The minimum absolute atomic E-state index is 0.0879. The molecule has 0 spiro atoms. The molecule has 0 aliphatic heterocycles. The van der Waals surface area contributed by atoms with E-state index in [0.29, 0.717) is 0 Å². The number of aryl methyl sites for hydroxylation is 1. The van der Waals surface area contributed by atoms with E-state index in [0.717, 1.165) is 45.0 Å². The highest BCUT2D eigenvalue weighted by Gasteiger charge is 2.09. The van der Waals surface area contributed by atoms with Crippen molar-refractivity contribution in [2.45, 2.75) is 32.7 Å². The van der Waals surface area contributed by atoms with Crippen LogP contribution in [0.5, 0.6) is 11.5 Å². The summed E-state index contributed by atoms with van der Waals surface area (Å²) in [5, 5.41) is 0.773. The first kappa shape index (κ1) is 16.3. The largest absolute Gasteiger partial charge is 0.457 e. The van der Waals surface area contributed by atoms with Crippen molar-refractivity contribution in [2.24, 2.45) is 5.73 Å². The number of hydrogen-bond donors (Lipinski definition) is 1. The van der Waals surface area contributed by atoms with Gasteiger partial charge in [0.05, 0.1) is 0 Å². The molecule has 1 atom stereocenters. The average molecular weight is 369 g/mol.